The predicted molar refractivity (Wildman–Crippen MR) is 68.5 cm³/mol. The minimum Gasteiger partial charge on any atom is -0.274 e. The molecule has 2 rings (SSSR count). The number of aromatic nitrogens is 2. The molecule has 0 bridgehead atoms. The van der Waals surface area contributed by atoms with Crippen molar-refractivity contribution in [1.82, 2.24) is 9.78 Å². The average Bonchev–Trinajstić information content (AvgIpc) is 2.65. The monoisotopic (exact) mass is 315 g/mol. The van der Waals surface area contributed by atoms with Gasteiger partial charge in [-0.2, -0.15) is 5.10 Å². The third-order valence-corrected chi connectivity index (χ3v) is 3.95. The highest BCUT2D eigenvalue weighted by atomic mass is 79.9. The van der Waals surface area contributed by atoms with Crippen molar-refractivity contribution >= 4 is 27.3 Å². The molecule has 2 aromatic rings. The van der Waals surface area contributed by atoms with Gasteiger partial charge in [0.1, 0.15) is 10.8 Å². The molecule has 1 aromatic carbocycles. The molecule has 0 radical (unpaired) electrons. The topological polar surface area (TPSA) is 41.7 Å². The molecule has 0 aliphatic heterocycles. The van der Waals surface area contributed by atoms with Gasteiger partial charge in [0.2, 0.25) is 4.80 Å². The maximum absolute atomic E-state index is 13.3. The first-order chi connectivity index (χ1) is 8.10. The fourth-order valence-electron chi connectivity index (χ4n) is 1.43. The van der Waals surface area contributed by atoms with Crippen molar-refractivity contribution in [1.29, 1.82) is 5.41 Å². The summed E-state index contributed by atoms with van der Waals surface area (Å²) in [6.07, 6.45) is 0.818. The van der Waals surface area contributed by atoms with Gasteiger partial charge in [-0.15, -0.1) is 0 Å². The van der Waals surface area contributed by atoms with Crippen molar-refractivity contribution in [3.8, 4) is 0 Å². The molecular formula is C11H11BrFN3S. The summed E-state index contributed by atoms with van der Waals surface area (Å²) in [5.74, 6) is -0.291. The summed E-state index contributed by atoms with van der Waals surface area (Å²) in [6.45, 7) is 2.43. The van der Waals surface area contributed by atoms with E-state index in [2.05, 4.69) is 21.0 Å². The Morgan fingerprint density at radius 1 is 1.53 bits per heavy atom. The maximum atomic E-state index is 13.3. The Morgan fingerprint density at radius 2 is 2.29 bits per heavy atom. The number of nitrogens with one attached hydrogen (secondary N) is 1. The van der Waals surface area contributed by atoms with Crippen LogP contribution in [0.5, 0.6) is 0 Å². The van der Waals surface area contributed by atoms with Crippen LogP contribution in [0.4, 0.5) is 4.39 Å². The Morgan fingerprint density at radius 3 is 2.88 bits per heavy atom. The van der Waals surface area contributed by atoms with Gasteiger partial charge >= 0.3 is 0 Å². The van der Waals surface area contributed by atoms with Gasteiger partial charge < -0.3 is 0 Å². The van der Waals surface area contributed by atoms with Crippen molar-refractivity contribution in [3.63, 3.8) is 0 Å². The predicted octanol–water partition coefficient (Wildman–Crippen LogP) is 2.94. The summed E-state index contributed by atoms with van der Waals surface area (Å²) in [4.78, 5) is 0.394. The number of hydrogen-bond donors (Lipinski definition) is 1. The Hall–Kier alpha value is -1.01. The van der Waals surface area contributed by atoms with E-state index in [1.165, 1.54) is 17.4 Å². The fraction of sp³-hybridized carbons (Fsp3) is 0.273. The van der Waals surface area contributed by atoms with Gasteiger partial charge in [0, 0.05) is 0 Å². The standard InChI is InChI=1S/C11H11BrFN3S/c1-2-10-15-16(11(14)17-10)6-7-3-4-8(12)9(13)5-7/h3-5,14H,2,6H2,1H3. The molecule has 0 unspecified atom stereocenters. The lowest BCUT2D eigenvalue weighted by molar-refractivity contribution is 0.605. The molecule has 0 aliphatic carbocycles. The van der Waals surface area contributed by atoms with Crippen LogP contribution < -0.4 is 4.80 Å². The zero-order valence-corrected chi connectivity index (χ0v) is 11.6. The molecule has 17 heavy (non-hydrogen) atoms. The first-order valence-electron chi connectivity index (χ1n) is 5.15. The van der Waals surface area contributed by atoms with E-state index < -0.39 is 0 Å². The Labute approximate surface area is 111 Å². The van der Waals surface area contributed by atoms with E-state index in [1.807, 2.05) is 13.0 Å². The first-order valence-corrected chi connectivity index (χ1v) is 6.76. The fourth-order valence-corrected chi connectivity index (χ4v) is 2.39. The molecule has 0 aliphatic rings. The molecule has 6 heteroatoms. The largest absolute Gasteiger partial charge is 0.274 e. The highest BCUT2D eigenvalue weighted by molar-refractivity contribution is 9.10. The second kappa shape index (κ2) is 5.10. The second-order valence-corrected chi connectivity index (χ2v) is 5.48. The normalized spacial score (nSPS) is 10.8. The second-order valence-electron chi connectivity index (χ2n) is 3.56. The molecule has 0 amide bonds. The van der Waals surface area contributed by atoms with Gasteiger partial charge in [-0.3, -0.25) is 5.41 Å². The highest BCUT2D eigenvalue weighted by Gasteiger charge is 2.05. The minimum atomic E-state index is -0.291. The molecular weight excluding hydrogens is 305 g/mol. The van der Waals surface area contributed by atoms with E-state index in [9.17, 15) is 4.39 Å². The first kappa shape index (κ1) is 12.4. The van der Waals surface area contributed by atoms with Crippen molar-refractivity contribution in [3.05, 3.63) is 43.9 Å². The van der Waals surface area contributed by atoms with E-state index in [-0.39, 0.29) is 5.82 Å². The number of benzene rings is 1. The Bertz CT molecular complexity index is 591. The van der Waals surface area contributed by atoms with Crippen LogP contribution in [-0.4, -0.2) is 9.78 Å². The van der Waals surface area contributed by atoms with E-state index in [4.69, 9.17) is 5.41 Å². The van der Waals surface area contributed by atoms with Crippen molar-refractivity contribution in [2.45, 2.75) is 19.9 Å². The molecule has 0 saturated heterocycles. The van der Waals surface area contributed by atoms with Crippen LogP contribution in [0.1, 0.15) is 17.5 Å². The van der Waals surface area contributed by atoms with Crippen LogP contribution in [0.3, 0.4) is 0 Å². The van der Waals surface area contributed by atoms with Gasteiger partial charge in [-0.25, -0.2) is 9.07 Å². The average molecular weight is 316 g/mol. The van der Waals surface area contributed by atoms with Gasteiger partial charge in [0.15, 0.2) is 0 Å². The maximum Gasteiger partial charge on any atom is 0.200 e. The molecule has 1 aromatic heterocycles. The smallest absolute Gasteiger partial charge is 0.200 e. The van der Waals surface area contributed by atoms with Gasteiger partial charge in [0.05, 0.1) is 11.0 Å². The molecule has 0 saturated carbocycles. The summed E-state index contributed by atoms with van der Waals surface area (Å²) >= 11 is 4.47. The van der Waals surface area contributed by atoms with E-state index in [0.717, 1.165) is 17.0 Å². The van der Waals surface area contributed by atoms with Gasteiger partial charge in [-0.05, 0) is 40.0 Å². The Balaban J connectivity index is 2.28. The van der Waals surface area contributed by atoms with E-state index >= 15 is 0 Å². The summed E-state index contributed by atoms with van der Waals surface area (Å²) in [5.41, 5.74) is 0.803. The third kappa shape index (κ3) is 2.81. The summed E-state index contributed by atoms with van der Waals surface area (Å²) in [6, 6.07) is 4.95. The summed E-state index contributed by atoms with van der Waals surface area (Å²) in [5, 5.41) is 13.0. The molecule has 1 N–H and O–H groups in total. The van der Waals surface area contributed by atoms with Crippen LogP contribution in [0.15, 0.2) is 22.7 Å². The van der Waals surface area contributed by atoms with Crippen LogP contribution in [0.25, 0.3) is 0 Å². The summed E-state index contributed by atoms with van der Waals surface area (Å²) in [7, 11) is 0. The lowest BCUT2D eigenvalue weighted by Gasteiger charge is -2.02. The van der Waals surface area contributed by atoms with Crippen LogP contribution in [-0.2, 0) is 13.0 Å². The molecule has 0 spiro atoms. The lowest BCUT2D eigenvalue weighted by atomic mass is 10.2. The third-order valence-electron chi connectivity index (χ3n) is 2.30. The molecule has 3 nitrogen and oxygen atoms in total. The van der Waals surface area contributed by atoms with Crippen LogP contribution in [0.2, 0.25) is 0 Å². The zero-order chi connectivity index (χ0) is 12.4. The zero-order valence-electron chi connectivity index (χ0n) is 9.20. The highest BCUT2D eigenvalue weighted by Crippen LogP contribution is 2.16. The molecule has 0 atom stereocenters. The minimum absolute atomic E-state index is 0.291. The Kier molecular flexibility index (Phi) is 3.73. The number of halogens is 2. The lowest BCUT2D eigenvalue weighted by Crippen LogP contribution is -2.15. The van der Waals surface area contributed by atoms with Gasteiger partial charge in [0.25, 0.3) is 0 Å². The van der Waals surface area contributed by atoms with E-state index in [0.29, 0.717) is 15.8 Å². The number of rotatable bonds is 3. The van der Waals surface area contributed by atoms with E-state index in [1.54, 1.807) is 10.7 Å². The van der Waals surface area contributed by atoms with Crippen molar-refractivity contribution in [2.75, 3.05) is 0 Å². The van der Waals surface area contributed by atoms with Gasteiger partial charge in [-0.1, -0.05) is 24.3 Å². The van der Waals surface area contributed by atoms with Crippen molar-refractivity contribution in [2.24, 2.45) is 0 Å². The number of aryl methyl sites for hydroxylation is 1. The molecule has 0 fully saturated rings. The van der Waals surface area contributed by atoms with Crippen LogP contribution >= 0.6 is 27.3 Å². The molecule has 90 valence electrons. The number of nitrogens with zero attached hydrogens (tertiary/aromatic N) is 2. The number of hydrogen-bond acceptors (Lipinski definition) is 3. The molecule has 1 heterocycles. The van der Waals surface area contributed by atoms with Crippen LogP contribution in [0, 0.1) is 11.2 Å². The SMILES string of the molecule is CCc1nn(Cc2ccc(Br)c(F)c2)c(=N)s1. The quantitative estimate of drug-likeness (QED) is 0.929. The summed E-state index contributed by atoms with van der Waals surface area (Å²) < 4.78 is 15.4. The van der Waals surface area contributed by atoms with Crippen molar-refractivity contribution < 1.29 is 4.39 Å².